The van der Waals surface area contributed by atoms with Crippen LogP contribution in [0.4, 0.5) is 5.69 Å². The first kappa shape index (κ1) is 19.4. The minimum absolute atomic E-state index is 0.181. The SMILES string of the molecule is Cc1cc([C@@H](C)Nc2ccccc2C(=O)O)c2nc(-c3ccn(C)n3)cc(=O)n2c1. The van der Waals surface area contributed by atoms with Crippen LogP contribution in [0.25, 0.3) is 17.0 Å². The Balaban J connectivity index is 1.84. The topological polar surface area (TPSA) is 102 Å². The second-order valence-electron chi connectivity index (χ2n) is 7.24. The molecule has 0 fully saturated rings. The van der Waals surface area contributed by atoms with Crippen LogP contribution in [0.2, 0.25) is 0 Å². The number of benzene rings is 1. The summed E-state index contributed by atoms with van der Waals surface area (Å²) in [5.41, 5.74) is 3.76. The van der Waals surface area contributed by atoms with Crippen molar-refractivity contribution < 1.29 is 9.90 Å². The maximum absolute atomic E-state index is 12.8. The summed E-state index contributed by atoms with van der Waals surface area (Å²) in [6.45, 7) is 3.81. The molecule has 0 spiro atoms. The van der Waals surface area contributed by atoms with Gasteiger partial charge in [-0.05, 0) is 43.7 Å². The number of anilines is 1. The van der Waals surface area contributed by atoms with Gasteiger partial charge in [-0.3, -0.25) is 13.9 Å². The Morgan fingerprint density at radius 1 is 1.17 bits per heavy atom. The van der Waals surface area contributed by atoms with E-state index in [0.717, 1.165) is 11.1 Å². The van der Waals surface area contributed by atoms with Crippen LogP contribution in [0, 0.1) is 6.92 Å². The van der Waals surface area contributed by atoms with Gasteiger partial charge in [0.2, 0.25) is 0 Å². The Morgan fingerprint density at radius 2 is 1.93 bits per heavy atom. The predicted molar refractivity (Wildman–Crippen MR) is 114 cm³/mol. The standard InChI is InChI=1S/C22H21N5O3/c1-13-10-16(14(2)23-17-7-5-4-6-15(17)22(29)30)21-24-19(11-20(28)27(21)12-13)18-8-9-26(3)25-18/h4-12,14,23H,1-3H3,(H,29,30)/t14-/m1/s1. The molecule has 0 amide bonds. The van der Waals surface area contributed by atoms with Gasteiger partial charge in [0, 0.05) is 36.8 Å². The van der Waals surface area contributed by atoms with E-state index in [2.05, 4.69) is 10.4 Å². The number of fused-ring (bicyclic) bond motifs is 1. The summed E-state index contributed by atoms with van der Waals surface area (Å²) in [5, 5.41) is 17.1. The van der Waals surface area contributed by atoms with Crippen LogP contribution in [0.3, 0.4) is 0 Å². The fraction of sp³-hybridized carbons (Fsp3) is 0.182. The molecule has 0 radical (unpaired) electrons. The lowest BCUT2D eigenvalue weighted by Crippen LogP contribution is -2.19. The second-order valence-corrected chi connectivity index (χ2v) is 7.24. The van der Waals surface area contributed by atoms with Crippen molar-refractivity contribution in [1.29, 1.82) is 0 Å². The molecule has 0 bridgehead atoms. The van der Waals surface area contributed by atoms with E-state index in [-0.39, 0.29) is 17.2 Å². The Bertz CT molecular complexity index is 1320. The lowest BCUT2D eigenvalue weighted by molar-refractivity contribution is 0.0698. The van der Waals surface area contributed by atoms with Crippen molar-refractivity contribution in [3.63, 3.8) is 0 Å². The van der Waals surface area contributed by atoms with Crippen LogP contribution < -0.4 is 10.9 Å². The van der Waals surface area contributed by atoms with Crippen molar-refractivity contribution in [2.75, 3.05) is 5.32 Å². The number of nitrogens with one attached hydrogen (secondary N) is 1. The third kappa shape index (κ3) is 3.55. The molecule has 0 saturated heterocycles. The van der Waals surface area contributed by atoms with Crippen molar-refractivity contribution in [2.24, 2.45) is 7.05 Å². The number of rotatable bonds is 5. The third-order valence-electron chi connectivity index (χ3n) is 4.90. The van der Waals surface area contributed by atoms with Gasteiger partial charge in [-0.2, -0.15) is 5.10 Å². The van der Waals surface area contributed by atoms with Crippen LogP contribution in [-0.4, -0.2) is 30.2 Å². The van der Waals surface area contributed by atoms with Crippen molar-refractivity contribution in [3.05, 3.63) is 81.9 Å². The smallest absolute Gasteiger partial charge is 0.337 e. The second kappa shape index (κ2) is 7.47. The number of carbonyl (C=O) groups is 1. The number of aromatic carboxylic acids is 1. The number of pyridine rings is 1. The Morgan fingerprint density at radius 3 is 2.63 bits per heavy atom. The molecule has 0 aliphatic rings. The zero-order chi connectivity index (χ0) is 21.4. The summed E-state index contributed by atoms with van der Waals surface area (Å²) >= 11 is 0. The van der Waals surface area contributed by atoms with E-state index in [1.54, 1.807) is 54.5 Å². The van der Waals surface area contributed by atoms with E-state index in [0.29, 0.717) is 22.7 Å². The first-order valence-corrected chi connectivity index (χ1v) is 9.46. The number of carboxylic acid groups (broad SMARTS) is 1. The van der Waals surface area contributed by atoms with E-state index < -0.39 is 5.97 Å². The molecule has 4 rings (SSSR count). The summed E-state index contributed by atoms with van der Waals surface area (Å²) in [5.74, 6) is -1.01. The van der Waals surface area contributed by atoms with Crippen LogP contribution >= 0.6 is 0 Å². The number of aryl methyl sites for hydroxylation is 2. The molecular formula is C22H21N5O3. The molecule has 3 aromatic heterocycles. The molecule has 30 heavy (non-hydrogen) atoms. The molecule has 3 heterocycles. The number of para-hydroxylation sites is 1. The number of hydrogen-bond acceptors (Lipinski definition) is 5. The summed E-state index contributed by atoms with van der Waals surface area (Å²) < 4.78 is 3.17. The molecule has 0 aliphatic carbocycles. The van der Waals surface area contributed by atoms with Gasteiger partial charge in [-0.25, -0.2) is 9.78 Å². The third-order valence-corrected chi connectivity index (χ3v) is 4.90. The molecule has 152 valence electrons. The van der Waals surface area contributed by atoms with Gasteiger partial charge < -0.3 is 10.4 Å². The first-order valence-electron chi connectivity index (χ1n) is 9.46. The van der Waals surface area contributed by atoms with Crippen LogP contribution in [0.1, 0.15) is 34.5 Å². The normalized spacial score (nSPS) is 12.1. The average molecular weight is 403 g/mol. The molecule has 0 aliphatic heterocycles. The Hall–Kier alpha value is -3.94. The van der Waals surface area contributed by atoms with Crippen molar-refractivity contribution >= 4 is 17.3 Å². The highest BCUT2D eigenvalue weighted by molar-refractivity contribution is 5.94. The summed E-state index contributed by atoms with van der Waals surface area (Å²) in [4.78, 5) is 29.1. The Kier molecular flexibility index (Phi) is 4.83. The largest absolute Gasteiger partial charge is 0.478 e. The minimum Gasteiger partial charge on any atom is -0.478 e. The quantitative estimate of drug-likeness (QED) is 0.530. The molecule has 1 atom stereocenters. The lowest BCUT2D eigenvalue weighted by Gasteiger charge is -2.19. The van der Waals surface area contributed by atoms with Crippen molar-refractivity contribution in [3.8, 4) is 11.4 Å². The number of nitrogens with zero attached hydrogens (tertiary/aromatic N) is 4. The van der Waals surface area contributed by atoms with E-state index in [1.165, 1.54) is 10.5 Å². The van der Waals surface area contributed by atoms with E-state index >= 15 is 0 Å². The molecule has 0 unspecified atom stereocenters. The highest BCUT2D eigenvalue weighted by Gasteiger charge is 2.17. The van der Waals surface area contributed by atoms with Gasteiger partial charge in [-0.15, -0.1) is 0 Å². The van der Waals surface area contributed by atoms with Gasteiger partial charge in [0.05, 0.1) is 17.3 Å². The van der Waals surface area contributed by atoms with Crippen LogP contribution in [-0.2, 0) is 7.05 Å². The molecule has 2 N–H and O–H groups in total. The molecule has 1 aromatic carbocycles. The van der Waals surface area contributed by atoms with Gasteiger partial charge in [0.1, 0.15) is 11.3 Å². The fourth-order valence-electron chi connectivity index (χ4n) is 3.48. The van der Waals surface area contributed by atoms with Crippen LogP contribution in [0.5, 0.6) is 0 Å². The van der Waals surface area contributed by atoms with E-state index in [1.807, 2.05) is 19.9 Å². The summed E-state index contributed by atoms with van der Waals surface area (Å²) in [6, 6.07) is 11.6. The van der Waals surface area contributed by atoms with Gasteiger partial charge in [-0.1, -0.05) is 12.1 Å². The van der Waals surface area contributed by atoms with E-state index in [4.69, 9.17) is 4.98 Å². The molecule has 8 heteroatoms. The van der Waals surface area contributed by atoms with Gasteiger partial charge in [0.15, 0.2) is 0 Å². The van der Waals surface area contributed by atoms with Gasteiger partial charge in [0.25, 0.3) is 5.56 Å². The maximum Gasteiger partial charge on any atom is 0.337 e. The zero-order valence-electron chi connectivity index (χ0n) is 16.8. The number of carboxylic acids is 1. The lowest BCUT2D eigenvalue weighted by atomic mass is 10.1. The number of aromatic nitrogens is 4. The fourth-order valence-corrected chi connectivity index (χ4v) is 3.48. The average Bonchev–Trinajstić information content (AvgIpc) is 3.14. The Labute approximate surface area is 172 Å². The van der Waals surface area contributed by atoms with Crippen molar-refractivity contribution in [1.82, 2.24) is 19.2 Å². The van der Waals surface area contributed by atoms with Crippen LogP contribution in [0.15, 0.2) is 59.7 Å². The minimum atomic E-state index is -1.01. The molecule has 0 saturated carbocycles. The predicted octanol–water partition coefficient (Wildman–Crippen LogP) is 3.27. The molecular weight excluding hydrogens is 382 g/mol. The van der Waals surface area contributed by atoms with Crippen molar-refractivity contribution in [2.45, 2.75) is 19.9 Å². The molecule has 8 nitrogen and oxygen atoms in total. The zero-order valence-corrected chi connectivity index (χ0v) is 16.8. The summed E-state index contributed by atoms with van der Waals surface area (Å²) in [7, 11) is 1.80. The highest BCUT2D eigenvalue weighted by atomic mass is 16.4. The highest BCUT2D eigenvalue weighted by Crippen LogP contribution is 2.26. The maximum atomic E-state index is 12.8. The van der Waals surface area contributed by atoms with Gasteiger partial charge >= 0.3 is 5.97 Å². The monoisotopic (exact) mass is 403 g/mol. The number of hydrogen-bond donors (Lipinski definition) is 2. The first-order chi connectivity index (χ1) is 14.3. The molecule has 4 aromatic rings. The van der Waals surface area contributed by atoms with E-state index in [9.17, 15) is 14.7 Å². The summed E-state index contributed by atoms with van der Waals surface area (Å²) in [6.07, 6.45) is 3.54.